The lowest BCUT2D eigenvalue weighted by Gasteiger charge is -2.19. The van der Waals surface area contributed by atoms with Crippen molar-refractivity contribution in [3.8, 4) is 5.75 Å². The van der Waals surface area contributed by atoms with E-state index in [0.717, 1.165) is 12.2 Å². The van der Waals surface area contributed by atoms with E-state index in [1.807, 2.05) is 25.1 Å². The number of hydrogen-bond donors (Lipinski definition) is 1. The first-order valence-corrected chi connectivity index (χ1v) is 7.16. The zero-order valence-electron chi connectivity index (χ0n) is 12.8. The lowest BCUT2D eigenvalue weighted by Crippen LogP contribution is -2.42. The summed E-state index contributed by atoms with van der Waals surface area (Å²) in [6.07, 6.45) is 1.05. The summed E-state index contributed by atoms with van der Waals surface area (Å²) in [5.74, 6) is 0.975. The van der Waals surface area contributed by atoms with E-state index in [1.165, 1.54) is 12.7 Å². The average molecular weight is 279 g/mol. The van der Waals surface area contributed by atoms with E-state index >= 15 is 0 Å². The highest BCUT2D eigenvalue weighted by Crippen LogP contribution is 2.28. The number of para-hydroxylation sites is 1. The molecule has 0 aliphatic carbocycles. The molecule has 1 aromatic carbocycles. The van der Waals surface area contributed by atoms with Crippen LogP contribution in [0.3, 0.4) is 0 Å². The Bertz CT molecular complexity index is 420. The maximum Gasteiger partial charge on any atom is 0.326 e. The molecule has 1 rings (SSSR count). The highest BCUT2D eigenvalue weighted by molar-refractivity contribution is 5.75. The van der Waals surface area contributed by atoms with Crippen molar-refractivity contribution in [3.63, 3.8) is 0 Å². The Labute approximate surface area is 121 Å². The van der Waals surface area contributed by atoms with Crippen LogP contribution >= 0.6 is 0 Å². The smallest absolute Gasteiger partial charge is 0.326 e. The minimum Gasteiger partial charge on any atom is -0.491 e. The summed E-state index contributed by atoms with van der Waals surface area (Å²) >= 11 is 0. The molecule has 4 heteroatoms. The molecule has 0 radical (unpaired) electrons. The number of carbonyl (C=O) groups is 1. The summed E-state index contributed by atoms with van der Waals surface area (Å²) < 4.78 is 10.6. The number of ether oxygens (including phenoxy) is 2. The fourth-order valence-corrected chi connectivity index (χ4v) is 2.01. The van der Waals surface area contributed by atoms with Gasteiger partial charge >= 0.3 is 5.97 Å². The molecule has 0 fully saturated rings. The molecule has 0 aliphatic heterocycles. The fraction of sp³-hybridized carbons (Fsp3) is 0.562. The highest BCUT2D eigenvalue weighted by Gasteiger charge is 2.19. The van der Waals surface area contributed by atoms with Crippen molar-refractivity contribution >= 4 is 5.97 Å². The van der Waals surface area contributed by atoms with Gasteiger partial charge < -0.3 is 14.8 Å². The maximum atomic E-state index is 11.6. The number of esters is 1. The third-order valence-electron chi connectivity index (χ3n) is 3.40. The number of rotatable bonds is 8. The lowest BCUT2D eigenvalue weighted by molar-refractivity contribution is -0.143. The van der Waals surface area contributed by atoms with E-state index < -0.39 is 6.04 Å². The second-order valence-electron chi connectivity index (χ2n) is 4.79. The molecule has 112 valence electrons. The minimum atomic E-state index is -0.435. The molecule has 1 aromatic rings. The molecule has 20 heavy (non-hydrogen) atoms. The van der Waals surface area contributed by atoms with Gasteiger partial charge in [0.25, 0.3) is 0 Å². The molecule has 0 aromatic heterocycles. The predicted molar refractivity (Wildman–Crippen MR) is 80.1 cm³/mol. The number of benzene rings is 1. The van der Waals surface area contributed by atoms with E-state index in [0.29, 0.717) is 12.5 Å². The van der Waals surface area contributed by atoms with Gasteiger partial charge in [0.1, 0.15) is 18.4 Å². The van der Waals surface area contributed by atoms with E-state index in [1.54, 1.807) is 0 Å². The molecule has 0 amide bonds. The molecular formula is C16H25NO3. The monoisotopic (exact) mass is 279 g/mol. The first-order valence-electron chi connectivity index (χ1n) is 7.16. The van der Waals surface area contributed by atoms with Gasteiger partial charge in [-0.05, 0) is 30.5 Å². The van der Waals surface area contributed by atoms with E-state index in [4.69, 9.17) is 9.47 Å². The Kier molecular flexibility index (Phi) is 7.09. The van der Waals surface area contributed by atoms with Gasteiger partial charge in [0.05, 0.1) is 7.11 Å². The first-order chi connectivity index (χ1) is 9.63. The third-order valence-corrected chi connectivity index (χ3v) is 3.40. The lowest BCUT2D eigenvalue weighted by atomic mass is 9.98. The van der Waals surface area contributed by atoms with Crippen molar-refractivity contribution in [3.05, 3.63) is 29.8 Å². The summed E-state index contributed by atoms with van der Waals surface area (Å²) in [7, 11) is 1.39. The molecule has 1 N–H and O–H groups in total. The van der Waals surface area contributed by atoms with Gasteiger partial charge in [0.2, 0.25) is 0 Å². The number of carbonyl (C=O) groups excluding carboxylic acids is 1. The van der Waals surface area contributed by atoms with Crippen molar-refractivity contribution in [1.29, 1.82) is 0 Å². The van der Waals surface area contributed by atoms with Crippen LogP contribution in [0.25, 0.3) is 0 Å². The molecule has 2 atom stereocenters. The first kappa shape index (κ1) is 16.5. The van der Waals surface area contributed by atoms with Gasteiger partial charge in [-0.2, -0.15) is 0 Å². The number of methoxy groups -OCH3 is 1. The van der Waals surface area contributed by atoms with Crippen molar-refractivity contribution < 1.29 is 14.3 Å². The topological polar surface area (TPSA) is 47.6 Å². The number of hydrogen-bond acceptors (Lipinski definition) is 4. The quantitative estimate of drug-likeness (QED) is 0.743. The third kappa shape index (κ3) is 4.53. The second kappa shape index (κ2) is 8.59. The zero-order valence-corrected chi connectivity index (χ0v) is 12.8. The van der Waals surface area contributed by atoms with Crippen molar-refractivity contribution in [2.24, 2.45) is 0 Å². The Morgan fingerprint density at radius 3 is 2.60 bits per heavy atom. The molecule has 0 heterocycles. The van der Waals surface area contributed by atoms with Gasteiger partial charge in [0.15, 0.2) is 0 Å². The molecule has 0 spiro atoms. The standard InChI is InChI=1S/C16H25NO3/c1-5-12(3)13-9-7-8-10-15(13)20-11-14(17-6-2)16(18)19-4/h7-10,12,14,17H,5-6,11H2,1-4H3. The van der Waals surface area contributed by atoms with Crippen LogP contribution < -0.4 is 10.1 Å². The predicted octanol–water partition coefficient (Wildman–Crippen LogP) is 2.73. The van der Waals surface area contributed by atoms with Crippen LogP contribution in [0.4, 0.5) is 0 Å². The Balaban J connectivity index is 2.75. The van der Waals surface area contributed by atoms with Gasteiger partial charge in [-0.25, -0.2) is 0 Å². The molecule has 4 nitrogen and oxygen atoms in total. The van der Waals surface area contributed by atoms with Gasteiger partial charge in [0, 0.05) is 0 Å². The van der Waals surface area contributed by atoms with Crippen LogP contribution in [0.15, 0.2) is 24.3 Å². The van der Waals surface area contributed by atoms with Crippen molar-refractivity contribution in [1.82, 2.24) is 5.32 Å². The van der Waals surface area contributed by atoms with Crippen LogP contribution in [0.1, 0.15) is 38.7 Å². The number of likely N-dealkylation sites (N-methyl/N-ethyl adjacent to an activating group) is 1. The van der Waals surface area contributed by atoms with E-state index in [2.05, 4.69) is 25.2 Å². The summed E-state index contributed by atoms with van der Waals surface area (Å²) in [6.45, 7) is 7.23. The summed E-state index contributed by atoms with van der Waals surface area (Å²) in [5, 5.41) is 3.07. The van der Waals surface area contributed by atoms with Gasteiger partial charge in [-0.3, -0.25) is 4.79 Å². The van der Waals surface area contributed by atoms with Gasteiger partial charge in [-0.1, -0.05) is 39.0 Å². The van der Waals surface area contributed by atoms with Crippen LogP contribution in [-0.2, 0) is 9.53 Å². The Hall–Kier alpha value is -1.55. The molecule has 0 bridgehead atoms. The van der Waals surface area contributed by atoms with Crippen LogP contribution in [0, 0.1) is 0 Å². The number of nitrogens with one attached hydrogen (secondary N) is 1. The summed E-state index contributed by atoms with van der Waals surface area (Å²) in [4.78, 5) is 11.6. The van der Waals surface area contributed by atoms with Crippen molar-refractivity contribution in [2.45, 2.75) is 39.2 Å². The molecule has 2 unspecified atom stereocenters. The largest absolute Gasteiger partial charge is 0.491 e. The van der Waals surface area contributed by atoms with Crippen molar-refractivity contribution in [2.75, 3.05) is 20.3 Å². The van der Waals surface area contributed by atoms with Crippen LogP contribution in [0.2, 0.25) is 0 Å². The molecular weight excluding hydrogens is 254 g/mol. The molecule has 0 saturated carbocycles. The Morgan fingerprint density at radius 1 is 1.30 bits per heavy atom. The van der Waals surface area contributed by atoms with E-state index in [-0.39, 0.29) is 12.6 Å². The average Bonchev–Trinajstić information content (AvgIpc) is 2.50. The summed E-state index contributed by atoms with van der Waals surface area (Å²) in [5.41, 5.74) is 1.18. The Morgan fingerprint density at radius 2 is 2.00 bits per heavy atom. The second-order valence-corrected chi connectivity index (χ2v) is 4.79. The molecule has 0 aliphatic rings. The summed E-state index contributed by atoms with van der Waals surface area (Å²) in [6, 6.07) is 7.54. The fourth-order valence-electron chi connectivity index (χ4n) is 2.01. The normalized spacial score (nSPS) is 13.6. The highest BCUT2D eigenvalue weighted by atomic mass is 16.5. The van der Waals surface area contributed by atoms with E-state index in [9.17, 15) is 4.79 Å². The molecule has 0 saturated heterocycles. The minimum absolute atomic E-state index is 0.272. The zero-order chi connectivity index (χ0) is 15.0. The maximum absolute atomic E-state index is 11.6. The van der Waals surface area contributed by atoms with Gasteiger partial charge in [-0.15, -0.1) is 0 Å². The van der Waals surface area contributed by atoms with Crippen LogP contribution in [0.5, 0.6) is 5.75 Å². The SMILES string of the molecule is CCNC(COc1ccccc1C(C)CC)C(=O)OC. The van der Waals surface area contributed by atoms with Crippen LogP contribution in [-0.4, -0.2) is 32.3 Å².